The summed E-state index contributed by atoms with van der Waals surface area (Å²) in [6, 6.07) is 9.02. The third kappa shape index (κ3) is 2.53. The molecule has 0 aliphatic heterocycles. The molecule has 1 unspecified atom stereocenters. The van der Waals surface area contributed by atoms with Crippen LogP contribution in [0.15, 0.2) is 40.8 Å². The number of hydrogen-bond donors (Lipinski definition) is 1. The molecular weight excluding hydrogens is 312 g/mol. The number of fused-ring (bicyclic) bond motifs is 1. The van der Waals surface area contributed by atoms with Crippen molar-refractivity contribution in [3.8, 4) is 0 Å². The van der Waals surface area contributed by atoms with E-state index in [2.05, 4.69) is 0 Å². The Bertz CT molecular complexity index is 829. The van der Waals surface area contributed by atoms with Crippen LogP contribution < -0.4 is 5.73 Å². The fourth-order valence-corrected chi connectivity index (χ4v) is 2.94. The molecule has 0 aliphatic carbocycles. The van der Waals surface area contributed by atoms with Gasteiger partial charge in [-0.2, -0.15) is 0 Å². The van der Waals surface area contributed by atoms with Crippen LogP contribution in [0.2, 0.25) is 10.0 Å². The Morgan fingerprint density at radius 2 is 1.90 bits per heavy atom. The van der Waals surface area contributed by atoms with Crippen LogP contribution in [0.5, 0.6) is 0 Å². The van der Waals surface area contributed by atoms with Gasteiger partial charge in [0.15, 0.2) is 0 Å². The highest BCUT2D eigenvalue weighted by molar-refractivity contribution is 6.35. The first-order chi connectivity index (χ1) is 9.97. The highest BCUT2D eigenvalue weighted by atomic mass is 35.5. The molecule has 1 aromatic heterocycles. The molecule has 21 heavy (non-hydrogen) atoms. The lowest BCUT2D eigenvalue weighted by molar-refractivity contribution is 0.518. The normalized spacial score (nSPS) is 12.8. The second-order valence-corrected chi connectivity index (χ2v) is 5.72. The molecule has 0 bridgehead atoms. The fraction of sp³-hybridized carbons (Fsp3) is 0.125. The first-order valence-corrected chi connectivity index (χ1v) is 7.12. The zero-order chi connectivity index (χ0) is 15.1. The molecule has 0 aliphatic rings. The van der Waals surface area contributed by atoms with Gasteiger partial charge in [-0.05, 0) is 36.8 Å². The smallest absolute Gasteiger partial charge is 0.137 e. The van der Waals surface area contributed by atoms with Crippen LogP contribution >= 0.6 is 23.2 Å². The van der Waals surface area contributed by atoms with Crippen LogP contribution in [0.4, 0.5) is 4.39 Å². The minimum atomic E-state index is -0.537. The van der Waals surface area contributed by atoms with Crippen molar-refractivity contribution in [2.75, 3.05) is 0 Å². The van der Waals surface area contributed by atoms with Crippen LogP contribution in [0.1, 0.15) is 22.9 Å². The monoisotopic (exact) mass is 323 g/mol. The Morgan fingerprint density at radius 1 is 1.14 bits per heavy atom. The summed E-state index contributed by atoms with van der Waals surface area (Å²) in [4.78, 5) is 0. The van der Waals surface area contributed by atoms with Gasteiger partial charge in [0.1, 0.15) is 17.2 Å². The van der Waals surface area contributed by atoms with Crippen molar-refractivity contribution in [3.05, 3.63) is 69.1 Å². The number of nitrogens with two attached hydrogens (primary N) is 1. The SMILES string of the molecule is Cc1c(C(N)c2ccc(Cl)cc2Cl)oc2cc(F)ccc12. The quantitative estimate of drug-likeness (QED) is 0.700. The first-order valence-electron chi connectivity index (χ1n) is 6.36. The van der Waals surface area contributed by atoms with Crippen LogP contribution in [0.25, 0.3) is 11.0 Å². The standard InChI is InChI=1S/C16H12Cl2FNO/c1-8-11-5-3-10(19)7-14(11)21-16(8)15(20)12-4-2-9(17)6-13(12)18/h2-7,15H,20H2,1H3. The molecule has 3 aromatic rings. The Labute approximate surface area is 131 Å². The van der Waals surface area contributed by atoms with E-state index in [9.17, 15) is 4.39 Å². The van der Waals surface area contributed by atoms with Gasteiger partial charge in [-0.3, -0.25) is 0 Å². The summed E-state index contributed by atoms with van der Waals surface area (Å²) in [5, 5.41) is 1.85. The highest BCUT2D eigenvalue weighted by Crippen LogP contribution is 2.35. The van der Waals surface area contributed by atoms with Gasteiger partial charge in [-0.1, -0.05) is 29.3 Å². The van der Waals surface area contributed by atoms with Crippen molar-refractivity contribution in [3.63, 3.8) is 0 Å². The number of rotatable bonds is 2. The van der Waals surface area contributed by atoms with Gasteiger partial charge in [0.05, 0.1) is 6.04 Å². The number of furan rings is 1. The average Bonchev–Trinajstić information content (AvgIpc) is 2.75. The molecule has 0 amide bonds. The second-order valence-electron chi connectivity index (χ2n) is 4.88. The molecule has 0 fully saturated rings. The summed E-state index contributed by atoms with van der Waals surface area (Å²) in [6.07, 6.45) is 0. The van der Waals surface area contributed by atoms with Gasteiger partial charge in [0.2, 0.25) is 0 Å². The average molecular weight is 324 g/mol. The maximum absolute atomic E-state index is 13.3. The first kappa shape index (κ1) is 14.4. The lowest BCUT2D eigenvalue weighted by Gasteiger charge is -2.12. The molecule has 2 N–H and O–H groups in total. The molecule has 0 saturated heterocycles. The molecule has 0 spiro atoms. The summed E-state index contributed by atoms with van der Waals surface area (Å²) in [5.41, 5.74) is 8.32. The third-order valence-corrected chi connectivity index (χ3v) is 4.08. The molecule has 2 nitrogen and oxygen atoms in total. The van der Waals surface area contributed by atoms with Crippen molar-refractivity contribution >= 4 is 34.2 Å². The predicted molar refractivity (Wildman–Crippen MR) is 83.4 cm³/mol. The zero-order valence-electron chi connectivity index (χ0n) is 11.2. The van der Waals surface area contributed by atoms with Crippen LogP contribution in [0.3, 0.4) is 0 Å². The van der Waals surface area contributed by atoms with Crippen molar-refractivity contribution in [2.45, 2.75) is 13.0 Å². The van der Waals surface area contributed by atoms with Crippen LogP contribution in [-0.4, -0.2) is 0 Å². The van der Waals surface area contributed by atoms with E-state index >= 15 is 0 Å². The van der Waals surface area contributed by atoms with E-state index in [1.807, 2.05) is 6.92 Å². The summed E-state index contributed by atoms with van der Waals surface area (Å²) in [5.74, 6) is 0.223. The minimum absolute atomic E-state index is 0.346. The maximum Gasteiger partial charge on any atom is 0.137 e. The lowest BCUT2D eigenvalue weighted by Crippen LogP contribution is -2.12. The molecule has 2 aromatic carbocycles. The zero-order valence-corrected chi connectivity index (χ0v) is 12.7. The number of aryl methyl sites for hydroxylation is 1. The Morgan fingerprint density at radius 3 is 2.62 bits per heavy atom. The molecule has 3 rings (SSSR count). The summed E-state index contributed by atoms with van der Waals surface area (Å²) in [6.45, 7) is 1.89. The van der Waals surface area contributed by atoms with Gasteiger partial charge in [0.25, 0.3) is 0 Å². The predicted octanol–water partition coefficient (Wildman–Crippen LogP) is 5.24. The Balaban J connectivity index is 2.13. The molecule has 108 valence electrons. The van der Waals surface area contributed by atoms with E-state index in [0.717, 1.165) is 10.9 Å². The van der Waals surface area contributed by atoms with Gasteiger partial charge in [-0.25, -0.2) is 4.39 Å². The van der Waals surface area contributed by atoms with E-state index in [0.29, 0.717) is 27.0 Å². The van der Waals surface area contributed by atoms with E-state index in [1.54, 1.807) is 24.3 Å². The largest absolute Gasteiger partial charge is 0.459 e. The van der Waals surface area contributed by atoms with Gasteiger partial charge < -0.3 is 10.2 Å². The Kier molecular flexibility index (Phi) is 3.66. The Hall–Kier alpha value is -1.55. The molecule has 1 atom stereocenters. The molecule has 0 radical (unpaired) electrons. The van der Waals surface area contributed by atoms with E-state index in [4.69, 9.17) is 33.4 Å². The highest BCUT2D eigenvalue weighted by Gasteiger charge is 2.21. The topological polar surface area (TPSA) is 39.2 Å². The van der Waals surface area contributed by atoms with E-state index in [-0.39, 0.29) is 5.82 Å². The van der Waals surface area contributed by atoms with Crippen molar-refractivity contribution in [1.82, 2.24) is 0 Å². The second kappa shape index (κ2) is 5.34. The van der Waals surface area contributed by atoms with Crippen molar-refractivity contribution in [1.29, 1.82) is 0 Å². The minimum Gasteiger partial charge on any atom is -0.459 e. The number of benzene rings is 2. The van der Waals surface area contributed by atoms with Crippen LogP contribution in [0, 0.1) is 12.7 Å². The summed E-state index contributed by atoms with van der Waals surface area (Å²) >= 11 is 12.1. The summed E-state index contributed by atoms with van der Waals surface area (Å²) < 4.78 is 19.0. The van der Waals surface area contributed by atoms with Crippen molar-refractivity contribution < 1.29 is 8.81 Å². The molecular formula is C16H12Cl2FNO. The summed E-state index contributed by atoms with van der Waals surface area (Å²) in [7, 11) is 0. The lowest BCUT2D eigenvalue weighted by atomic mass is 10.0. The van der Waals surface area contributed by atoms with Crippen LogP contribution in [-0.2, 0) is 0 Å². The number of halogens is 3. The third-order valence-electron chi connectivity index (χ3n) is 3.52. The molecule has 1 heterocycles. The van der Waals surface area contributed by atoms with Gasteiger partial charge in [-0.15, -0.1) is 0 Å². The molecule has 5 heteroatoms. The number of hydrogen-bond acceptors (Lipinski definition) is 2. The van der Waals surface area contributed by atoms with Gasteiger partial charge in [0, 0.05) is 27.1 Å². The fourth-order valence-electron chi connectivity index (χ4n) is 2.41. The molecule has 0 saturated carbocycles. The maximum atomic E-state index is 13.3. The van der Waals surface area contributed by atoms with E-state index in [1.165, 1.54) is 12.1 Å². The van der Waals surface area contributed by atoms with Gasteiger partial charge >= 0.3 is 0 Å². The van der Waals surface area contributed by atoms with E-state index < -0.39 is 6.04 Å². The van der Waals surface area contributed by atoms with Crippen molar-refractivity contribution in [2.24, 2.45) is 5.73 Å².